The Morgan fingerprint density at radius 3 is 2.80 bits per heavy atom. The summed E-state index contributed by atoms with van der Waals surface area (Å²) in [6, 6.07) is 0. The average Bonchev–Trinajstić information content (AvgIpc) is 2.64. The molecular formula is C12H18N2O. The molecule has 3 heteroatoms. The van der Waals surface area contributed by atoms with Crippen LogP contribution >= 0.6 is 0 Å². The van der Waals surface area contributed by atoms with E-state index in [9.17, 15) is 0 Å². The first-order chi connectivity index (χ1) is 7.20. The molecule has 2 atom stereocenters. The SMILES string of the molecule is CCC1=CC(C)C(c2nnc(C)o2)CC1. The molecular weight excluding hydrogens is 188 g/mol. The molecule has 3 nitrogen and oxygen atoms in total. The molecule has 0 radical (unpaired) electrons. The van der Waals surface area contributed by atoms with E-state index < -0.39 is 0 Å². The Morgan fingerprint density at radius 2 is 2.27 bits per heavy atom. The topological polar surface area (TPSA) is 38.9 Å². The van der Waals surface area contributed by atoms with Crippen LogP contribution in [0.1, 0.15) is 50.8 Å². The maximum atomic E-state index is 5.51. The third kappa shape index (κ3) is 2.11. The van der Waals surface area contributed by atoms with Crippen molar-refractivity contribution in [3.8, 4) is 0 Å². The summed E-state index contributed by atoms with van der Waals surface area (Å²) in [5, 5.41) is 8.02. The fourth-order valence-corrected chi connectivity index (χ4v) is 2.28. The molecule has 0 bridgehead atoms. The molecule has 0 aliphatic heterocycles. The smallest absolute Gasteiger partial charge is 0.220 e. The van der Waals surface area contributed by atoms with Gasteiger partial charge in [0.2, 0.25) is 11.8 Å². The number of hydrogen-bond donors (Lipinski definition) is 0. The summed E-state index contributed by atoms with van der Waals surface area (Å²) in [4.78, 5) is 0. The summed E-state index contributed by atoms with van der Waals surface area (Å²) in [5.41, 5.74) is 1.56. The van der Waals surface area contributed by atoms with Gasteiger partial charge in [-0.05, 0) is 25.2 Å². The van der Waals surface area contributed by atoms with Gasteiger partial charge < -0.3 is 4.42 Å². The highest BCUT2D eigenvalue weighted by Gasteiger charge is 2.26. The van der Waals surface area contributed by atoms with E-state index in [0.29, 0.717) is 17.7 Å². The zero-order valence-electron chi connectivity index (χ0n) is 9.66. The molecule has 0 amide bonds. The number of hydrogen-bond acceptors (Lipinski definition) is 3. The molecule has 0 N–H and O–H groups in total. The Kier molecular flexibility index (Phi) is 2.89. The van der Waals surface area contributed by atoms with Crippen LogP contribution in [0, 0.1) is 12.8 Å². The Bertz CT molecular complexity index is 367. The van der Waals surface area contributed by atoms with Crippen LogP contribution in [-0.4, -0.2) is 10.2 Å². The quantitative estimate of drug-likeness (QED) is 0.697. The third-order valence-electron chi connectivity index (χ3n) is 3.22. The molecule has 0 fully saturated rings. The Labute approximate surface area is 90.6 Å². The summed E-state index contributed by atoms with van der Waals surface area (Å²) in [5.74, 6) is 2.42. The van der Waals surface area contributed by atoms with Crippen LogP contribution in [0.15, 0.2) is 16.1 Å². The molecule has 0 spiro atoms. The first-order valence-electron chi connectivity index (χ1n) is 5.70. The van der Waals surface area contributed by atoms with Crippen molar-refractivity contribution < 1.29 is 4.42 Å². The second-order valence-corrected chi connectivity index (χ2v) is 4.34. The van der Waals surface area contributed by atoms with Crippen molar-refractivity contribution >= 4 is 0 Å². The highest BCUT2D eigenvalue weighted by Crippen LogP contribution is 2.36. The molecule has 0 aromatic carbocycles. The van der Waals surface area contributed by atoms with Crippen LogP contribution in [0.2, 0.25) is 0 Å². The molecule has 2 unspecified atom stereocenters. The summed E-state index contributed by atoms with van der Waals surface area (Å²) in [6.45, 7) is 6.30. The van der Waals surface area contributed by atoms with Gasteiger partial charge in [-0.3, -0.25) is 0 Å². The van der Waals surface area contributed by atoms with E-state index in [1.54, 1.807) is 5.57 Å². The summed E-state index contributed by atoms with van der Waals surface area (Å²) in [6.07, 6.45) is 5.85. The number of allylic oxidation sites excluding steroid dienone is 2. The van der Waals surface area contributed by atoms with Gasteiger partial charge >= 0.3 is 0 Å². The van der Waals surface area contributed by atoms with Crippen LogP contribution in [0.25, 0.3) is 0 Å². The summed E-state index contributed by atoms with van der Waals surface area (Å²) >= 11 is 0. The van der Waals surface area contributed by atoms with Crippen LogP contribution < -0.4 is 0 Å². The van der Waals surface area contributed by atoms with Crippen molar-refractivity contribution in [2.24, 2.45) is 5.92 Å². The Morgan fingerprint density at radius 1 is 1.47 bits per heavy atom. The van der Waals surface area contributed by atoms with Crippen molar-refractivity contribution in [1.29, 1.82) is 0 Å². The van der Waals surface area contributed by atoms with Gasteiger partial charge in [0, 0.05) is 12.8 Å². The summed E-state index contributed by atoms with van der Waals surface area (Å²) < 4.78 is 5.51. The van der Waals surface area contributed by atoms with Crippen molar-refractivity contribution in [2.75, 3.05) is 0 Å². The standard InChI is InChI=1S/C12H18N2O/c1-4-10-5-6-11(8(2)7-10)12-14-13-9(3)15-12/h7-8,11H,4-6H2,1-3H3. The highest BCUT2D eigenvalue weighted by atomic mass is 16.4. The van der Waals surface area contributed by atoms with Crippen LogP contribution in [-0.2, 0) is 0 Å². The van der Waals surface area contributed by atoms with Gasteiger partial charge in [-0.15, -0.1) is 10.2 Å². The second kappa shape index (κ2) is 4.17. The van der Waals surface area contributed by atoms with Crippen molar-refractivity contribution in [2.45, 2.75) is 46.0 Å². The van der Waals surface area contributed by atoms with Crippen molar-refractivity contribution in [3.63, 3.8) is 0 Å². The van der Waals surface area contributed by atoms with E-state index >= 15 is 0 Å². The first-order valence-corrected chi connectivity index (χ1v) is 5.70. The van der Waals surface area contributed by atoms with Gasteiger partial charge in [0.15, 0.2) is 0 Å². The molecule has 1 aromatic heterocycles. The normalized spacial score (nSPS) is 26.5. The van der Waals surface area contributed by atoms with E-state index in [1.165, 1.54) is 12.8 Å². The molecule has 2 rings (SSSR count). The fourth-order valence-electron chi connectivity index (χ4n) is 2.28. The zero-order chi connectivity index (χ0) is 10.8. The molecule has 1 aliphatic carbocycles. The number of nitrogens with zero attached hydrogens (tertiary/aromatic N) is 2. The van der Waals surface area contributed by atoms with E-state index in [0.717, 1.165) is 12.3 Å². The number of rotatable bonds is 2. The maximum absolute atomic E-state index is 5.51. The molecule has 1 heterocycles. The second-order valence-electron chi connectivity index (χ2n) is 4.34. The monoisotopic (exact) mass is 206 g/mol. The van der Waals surface area contributed by atoms with Gasteiger partial charge in [-0.1, -0.05) is 25.5 Å². The van der Waals surface area contributed by atoms with E-state index in [1.807, 2.05) is 6.92 Å². The molecule has 1 aliphatic rings. The lowest BCUT2D eigenvalue weighted by Crippen LogP contribution is -2.13. The highest BCUT2D eigenvalue weighted by molar-refractivity contribution is 5.13. The lowest BCUT2D eigenvalue weighted by atomic mass is 9.81. The Balaban J connectivity index is 2.16. The van der Waals surface area contributed by atoms with Crippen LogP contribution in [0.5, 0.6) is 0 Å². The minimum absolute atomic E-state index is 0.418. The van der Waals surface area contributed by atoms with Gasteiger partial charge in [-0.25, -0.2) is 0 Å². The lowest BCUT2D eigenvalue weighted by molar-refractivity contribution is 0.362. The summed E-state index contributed by atoms with van der Waals surface area (Å²) in [7, 11) is 0. The van der Waals surface area contributed by atoms with Crippen LogP contribution in [0.3, 0.4) is 0 Å². The molecule has 82 valence electrons. The van der Waals surface area contributed by atoms with Gasteiger partial charge in [0.05, 0.1) is 0 Å². The fraction of sp³-hybridized carbons (Fsp3) is 0.667. The van der Waals surface area contributed by atoms with Crippen molar-refractivity contribution in [3.05, 3.63) is 23.4 Å². The minimum atomic E-state index is 0.418. The predicted molar refractivity (Wildman–Crippen MR) is 58.5 cm³/mol. The van der Waals surface area contributed by atoms with Gasteiger partial charge in [0.1, 0.15) is 0 Å². The minimum Gasteiger partial charge on any atom is -0.425 e. The number of aromatic nitrogens is 2. The largest absolute Gasteiger partial charge is 0.425 e. The Hall–Kier alpha value is -1.12. The number of aryl methyl sites for hydroxylation is 1. The molecule has 0 saturated carbocycles. The van der Waals surface area contributed by atoms with Crippen LogP contribution in [0.4, 0.5) is 0 Å². The molecule has 0 saturated heterocycles. The van der Waals surface area contributed by atoms with E-state index in [2.05, 4.69) is 30.1 Å². The van der Waals surface area contributed by atoms with Crippen molar-refractivity contribution in [1.82, 2.24) is 10.2 Å². The maximum Gasteiger partial charge on any atom is 0.220 e. The van der Waals surface area contributed by atoms with E-state index in [-0.39, 0.29) is 0 Å². The zero-order valence-corrected chi connectivity index (χ0v) is 9.66. The molecule has 15 heavy (non-hydrogen) atoms. The first kappa shape index (κ1) is 10.4. The lowest BCUT2D eigenvalue weighted by Gasteiger charge is -2.24. The third-order valence-corrected chi connectivity index (χ3v) is 3.22. The molecule has 1 aromatic rings. The predicted octanol–water partition coefficient (Wildman–Crippen LogP) is 3.23. The van der Waals surface area contributed by atoms with E-state index in [4.69, 9.17) is 4.42 Å². The van der Waals surface area contributed by atoms with Gasteiger partial charge in [0.25, 0.3) is 0 Å². The average molecular weight is 206 g/mol. The van der Waals surface area contributed by atoms with Gasteiger partial charge in [-0.2, -0.15) is 0 Å².